The number of aromatic nitrogens is 2. The molecule has 2 aromatic rings. The molecule has 2 rings (SSSR count). The lowest BCUT2D eigenvalue weighted by molar-refractivity contribution is 0.127. The molecule has 0 spiro atoms. The van der Waals surface area contributed by atoms with Gasteiger partial charge in [-0.3, -0.25) is 4.68 Å². The lowest BCUT2D eigenvalue weighted by atomic mass is 10.2. The second-order valence-electron chi connectivity index (χ2n) is 4.72. The van der Waals surface area contributed by atoms with E-state index >= 15 is 0 Å². The van der Waals surface area contributed by atoms with Gasteiger partial charge in [0, 0.05) is 31.1 Å². The molecule has 0 bridgehead atoms. The number of aryl methyl sites for hydroxylation is 1. The fourth-order valence-corrected chi connectivity index (χ4v) is 2.19. The van der Waals surface area contributed by atoms with Gasteiger partial charge in [0.15, 0.2) is 0 Å². The second-order valence-corrected chi connectivity index (χ2v) is 4.72. The number of benzene rings is 1. The average Bonchev–Trinajstić information content (AvgIpc) is 2.81. The summed E-state index contributed by atoms with van der Waals surface area (Å²) in [5.41, 5.74) is 2.32. The van der Waals surface area contributed by atoms with Gasteiger partial charge < -0.3 is 10.1 Å². The molecule has 1 aromatic heterocycles. The Labute approximate surface area is 114 Å². The molecule has 0 aliphatic carbocycles. The Morgan fingerprint density at radius 2 is 2.11 bits per heavy atom. The average molecular weight is 261 g/mol. The summed E-state index contributed by atoms with van der Waals surface area (Å²) in [7, 11) is 0. The Bertz CT molecular complexity index is 521. The van der Waals surface area contributed by atoms with Gasteiger partial charge in [0.1, 0.15) is 0 Å². The van der Waals surface area contributed by atoms with Gasteiger partial charge in [-0.1, -0.05) is 18.2 Å². The molecule has 4 heteroatoms. The first-order chi connectivity index (χ1) is 9.26. The minimum Gasteiger partial charge on any atom is -0.380 e. The molecule has 1 aromatic carbocycles. The number of ether oxygens (including phenoxy) is 1. The third-order valence-corrected chi connectivity index (χ3v) is 3.22. The smallest absolute Gasteiger partial charge is 0.0841 e. The van der Waals surface area contributed by atoms with Crippen molar-refractivity contribution in [1.82, 2.24) is 15.1 Å². The first kappa shape index (κ1) is 14.0. The molecule has 1 N–H and O–H groups in total. The molecule has 0 saturated carbocycles. The number of nitrogens with zero attached hydrogens (tertiary/aromatic N) is 2. The topological polar surface area (TPSA) is 39.1 Å². The minimum absolute atomic E-state index is 0.338. The first-order valence-electron chi connectivity index (χ1n) is 7.01. The first-order valence-corrected chi connectivity index (χ1v) is 7.01. The maximum absolute atomic E-state index is 5.41. The third-order valence-electron chi connectivity index (χ3n) is 3.22. The molecule has 0 aliphatic heterocycles. The van der Waals surface area contributed by atoms with Crippen molar-refractivity contribution in [2.75, 3.05) is 13.2 Å². The van der Waals surface area contributed by atoms with Crippen molar-refractivity contribution in [2.45, 2.75) is 39.9 Å². The van der Waals surface area contributed by atoms with Gasteiger partial charge in [-0.15, -0.1) is 0 Å². The van der Waals surface area contributed by atoms with Crippen molar-refractivity contribution >= 4 is 10.9 Å². The maximum Gasteiger partial charge on any atom is 0.0841 e. The summed E-state index contributed by atoms with van der Waals surface area (Å²) in [6.45, 7) is 9.45. The van der Waals surface area contributed by atoms with Gasteiger partial charge in [-0.2, -0.15) is 5.10 Å². The normalized spacial score (nSPS) is 13.0. The molecule has 19 heavy (non-hydrogen) atoms. The lowest BCUT2D eigenvalue weighted by Crippen LogP contribution is -2.30. The Hall–Kier alpha value is -1.39. The summed E-state index contributed by atoms with van der Waals surface area (Å²) < 4.78 is 7.46. The van der Waals surface area contributed by atoms with E-state index in [-0.39, 0.29) is 0 Å². The van der Waals surface area contributed by atoms with E-state index in [0.29, 0.717) is 6.04 Å². The largest absolute Gasteiger partial charge is 0.380 e. The van der Waals surface area contributed by atoms with Crippen molar-refractivity contribution in [1.29, 1.82) is 0 Å². The second kappa shape index (κ2) is 6.68. The van der Waals surface area contributed by atoms with Crippen LogP contribution < -0.4 is 5.32 Å². The van der Waals surface area contributed by atoms with Crippen molar-refractivity contribution < 1.29 is 4.74 Å². The highest BCUT2D eigenvalue weighted by atomic mass is 16.5. The summed E-state index contributed by atoms with van der Waals surface area (Å²) in [6, 6.07) is 8.73. The molecular weight excluding hydrogens is 238 g/mol. The Morgan fingerprint density at radius 1 is 1.32 bits per heavy atom. The molecule has 0 radical (unpaired) electrons. The van der Waals surface area contributed by atoms with E-state index in [1.807, 2.05) is 6.92 Å². The number of para-hydroxylation sites is 1. The van der Waals surface area contributed by atoms with Crippen LogP contribution in [0.15, 0.2) is 24.3 Å². The van der Waals surface area contributed by atoms with E-state index in [1.165, 1.54) is 10.9 Å². The summed E-state index contributed by atoms with van der Waals surface area (Å²) in [6.07, 6.45) is 0. The fourth-order valence-electron chi connectivity index (χ4n) is 2.19. The number of nitrogens with one attached hydrogen (secondary N) is 1. The van der Waals surface area contributed by atoms with Crippen LogP contribution in [0.4, 0.5) is 0 Å². The molecule has 0 amide bonds. The minimum atomic E-state index is 0.338. The molecule has 0 saturated heterocycles. The molecular formula is C15H23N3O. The van der Waals surface area contributed by atoms with Crippen molar-refractivity contribution in [3.05, 3.63) is 30.0 Å². The van der Waals surface area contributed by atoms with Crippen LogP contribution in [0.5, 0.6) is 0 Å². The van der Waals surface area contributed by atoms with E-state index in [0.717, 1.165) is 32.0 Å². The lowest BCUT2D eigenvalue weighted by Gasteiger charge is -2.12. The molecule has 104 valence electrons. The van der Waals surface area contributed by atoms with Crippen LogP contribution in [0.25, 0.3) is 10.9 Å². The standard InChI is InChI=1S/C15H23N3O/c1-4-18-15-9-7-6-8-13(15)14(17-18)10-16-12(3)11-19-5-2/h6-9,12,16H,4-5,10-11H2,1-3H3. The van der Waals surface area contributed by atoms with Crippen molar-refractivity contribution in [3.63, 3.8) is 0 Å². The molecule has 0 fully saturated rings. The molecule has 1 unspecified atom stereocenters. The summed E-state index contributed by atoms with van der Waals surface area (Å²) >= 11 is 0. The Kier molecular flexibility index (Phi) is 4.93. The quantitative estimate of drug-likeness (QED) is 0.832. The summed E-state index contributed by atoms with van der Waals surface area (Å²) in [5, 5.41) is 9.37. The summed E-state index contributed by atoms with van der Waals surface area (Å²) in [4.78, 5) is 0. The van der Waals surface area contributed by atoms with Gasteiger partial charge in [0.2, 0.25) is 0 Å². The van der Waals surface area contributed by atoms with E-state index in [1.54, 1.807) is 0 Å². The van der Waals surface area contributed by atoms with Crippen LogP contribution in [0.2, 0.25) is 0 Å². The number of rotatable bonds is 7. The molecule has 1 atom stereocenters. The highest BCUT2D eigenvalue weighted by Crippen LogP contribution is 2.18. The van der Waals surface area contributed by atoms with Gasteiger partial charge in [0.05, 0.1) is 17.8 Å². The zero-order chi connectivity index (χ0) is 13.7. The fraction of sp³-hybridized carbons (Fsp3) is 0.533. The highest BCUT2D eigenvalue weighted by molar-refractivity contribution is 5.81. The Balaban J connectivity index is 2.08. The van der Waals surface area contributed by atoms with Crippen LogP contribution in [0.1, 0.15) is 26.5 Å². The predicted molar refractivity (Wildman–Crippen MR) is 78.2 cm³/mol. The van der Waals surface area contributed by atoms with Gasteiger partial charge in [0.25, 0.3) is 0 Å². The van der Waals surface area contributed by atoms with Crippen LogP contribution >= 0.6 is 0 Å². The van der Waals surface area contributed by atoms with E-state index in [2.05, 4.69) is 53.2 Å². The molecule has 0 aliphatic rings. The van der Waals surface area contributed by atoms with Crippen LogP contribution in [-0.4, -0.2) is 29.0 Å². The van der Waals surface area contributed by atoms with Gasteiger partial charge in [-0.25, -0.2) is 0 Å². The van der Waals surface area contributed by atoms with E-state index in [4.69, 9.17) is 4.74 Å². The highest BCUT2D eigenvalue weighted by Gasteiger charge is 2.10. The zero-order valence-electron chi connectivity index (χ0n) is 12.0. The van der Waals surface area contributed by atoms with E-state index in [9.17, 15) is 0 Å². The molecule has 4 nitrogen and oxygen atoms in total. The van der Waals surface area contributed by atoms with Crippen LogP contribution in [0.3, 0.4) is 0 Å². The van der Waals surface area contributed by atoms with Crippen molar-refractivity contribution in [3.8, 4) is 0 Å². The van der Waals surface area contributed by atoms with Crippen molar-refractivity contribution in [2.24, 2.45) is 0 Å². The van der Waals surface area contributed by atoms with E-state index < -0.39 is 0 Å². The number of hydrogen-bond acceptors (Lipinski definition) is 3. The zero-order valence-corrected chi connectivity index (χ0v) is 12.0. The van der Waals surface area contributed by atoms with Crippen LogP contribution in [-0.2, 0) is 17.8 Å². The van der Waals surface area contributed by atoms with Gasteiger partial charge >= 0.3 is 0 Å². The number of hydrogen-bond donors (Lipinski definition) is 1. The maximum atomic E-state index is 5.41. The van der Waals surface area contributed by atoms with Gasteiger partial charge in [-0.05, 0) is 26.8 Å². The third kappa shape index (κ3) is 3.33. The number of fused-ring (bicyclic) bond motifs is 1. The Morgan fingerprint density at radius 3 is 2.84 bits per heavy atom. The monoisotopic (exact) mass is 261 g/mol. The predicted octanol–water partition coefficient (Wildman–Crippen LogP) is 2.57. The van der Waals surface area contributed by atoms with Crippen LogP contribution in [0, 0.1) is 0 Å². The SMILES string of the molecule is CCOCC(C)NCc1nn(CC)c2ccccc12. The molecule has 1 heterocycles. The summed E-state index contributed by atoms with van der Waals surface area (Å²) in [5.74, 6) is 0.